The van der Waals surface area contributed by atoms with Crippen molar-refractivity contribution < 1.29 is 18.7 Å². The fourth-order valence-electron chi connectivity index (χ4n) is 4.15. The van der Waals surface area contributed by atoms with Gasteiger partial charge in [-0.3, -0.25) is 9.59 Å². The number of halogens is 1. The maximum atomic E-state index is 13.1. The summed E-state index contributed by atoms with van der Waals surface area (Å²) in [5.74, 6) is 0.555. The number of methoxy groups -OCH3 is 1. The van der Waals surface area contributed by atoms with Crippen LogP contribution in [0.15, 0.2) is 77.6 Å². The highest BCUT2D eigenvalue weighted by Gasteiger charge is 2.31. The number of amides is 1. The van der Waals surface area contributed by atoms with Crippen LogP contribution in [-0.2, 0) is 11.4 Å². The minimum absolute atomic E-state index is 0.0986. The van der Waals surface area contributed by atoms with E-state index in [1.807, 2.05) is 30.3 Å². The highest BCUT2D eigenvalue weighted by Crippen LogP contribution is 2.38. The molecule has 0 bridgehead atoms. The fourth-order valence-corrected chi connectivity index (χ4v) is 4.15. The average Bonchev–Trinajstić information content (AvgIpc) is 2.88. The standard InChI is InChI=1S/C27H22FN3O4/c1-34-22-13-18(9-12-21(22)35-15-16-7-10-19(28)11-8-16)20-14-23(32)29-26-24(20)27(33)31-25(30-26)17-5-3-2-4-6-17/h2-13,20H,14-15H2,1H3,(H2,29,30,31,32,33)/t20-/m0/s1. The lowest BCUT2D eigenvalue weighted by molar-refractivity contribution is -0.116. The highest BCUT2D eigenvalue weighted by atomic mass is 19.1. The largest absolute Gasteiger partial charge is 0.493 e. The summed E-state index contributed by atoms with van der Waals surface area (Å²) in [6.45, 7) is 0.233. The Labute approximate surface area is 200 Å². The molecule has 1 aromatic heterocycles. The molecule has 2 heterocycles. The van der Waals surface area contributed by atoms with Crippen LogP contribution in [0.25, 0.3) is 11.4 Å². The Morgan fingerprint density at radius 2 is 1.77 bits per heavy atom. The number of nitrogens with zero attached hydrogens (tertiary/aromatic N) is 1. The minimum Gasteiger partial charge on any atom is -0.493 e. The Morgan fingerprint density at radius 3 is 2.51 bits per heavy atom. The lowest BCUT2D eigenvalue weighted by atomic mass is 9.86. The van der Waals surface area contributed by atoms with Gasteiger partial charge in [0.2, 0.25) is 5.91 Å². The molecule has 4 aromatic rings. The molecule has 0 radical (unpaired) electrons. The number of carbonyl (C=O) groups is 1. The van der Waals surface area contributed by atoms with E-state index in [-0.39, 0.29) is 36.1 Å². The third kappa shape index (κ3) is 4.63. The molecule has 0 aliphatic carbocycles. The molecule has 8 heteroatoms. The van der Waals surface area contributed by atoms with Crippen LogP contribution >= 0.6 is 0 Å². The number of benzene rings is 3. The molecule has 0 unspecified atom stereocenters. The molecule has 0 saturated carbocycles. The van der Waals surface area contributed by atoms with Gasteiger partial charge >= 0.3 is 0 Å². The third-order valence-electron chi connectivity index (χ3n) is 5.90. The second-order valence-electron chi connectivity index (χ2n) is 8.17. The Hall–Kier alpha value is -4.46. The molecule has 1 aliphatic rings. The SMILES string of the molecule is COc1cc([C@@H]2CC(=O)Nc3nc(-c4ccccc4)[nH]c(=O)c32)ccc1OCc1ccc(F)cc1. The van der Waals surface area contributed by atoms with Crippen LogP contribution in [0.1, 0.15) is 29.0 Å². The summed E-state index contributed by atoms with van der Waals surface area (Å²) in [5.41, 5.74) is 2.36. The van der Waals surface area contributed by atoms with E-state index >= 15 is 0 Å². The number of ether oxygens (including phenoxy) is 2. The lowest BCUT2D eigenvalue weighted by Gasteiger charge is -2.25. The van der Waals surface area contributed by atoms with Gasteiger partial charge in [0.15, 0.2) is 11.5 Å². The molecular formula is C27H22FN3O4. The number of aromatic amines is 1. The number of anilines is 1. The van der Waals surface area contributed by atoms with E-state index in [9.17, 15) is 14.0 Å². The van der Waals surface area contributed by atoms with Crippen molar-refractivity contribution in [3.63, 3.8) is 0 Å². The zero-order valence-corrected chi connectivity index (χ0v) is 18.9. The van der Waals surface area contributed by atoms with Crippen molar-refractivity contribution >= 4 is 11.7 Å². The molecule has 1 atom stereocenters. The average molecular weight is 471 g/mol. The molecular weight excluding hydrogens is 449 g/mol. The van der Waals surface area contributed by atoms with E-state index in [0.717, 1.165) is 16.7 Å². The first-order chi connectivity index (χ1) is 17.0. The maximum Gasteiger partial charge on any atom is 0.257 e. The summed E-state index contributed by atoms with van der Waals surface area (Å²) in [5, 5.41) is 2.74. The van der Waals surface area contributed by atoms with Crippen LogP contribution < -0.4 is 20.3 Å². The molecule has 35 heavy (non-hydrogen) atoms. The smallest absolute Gasteiger partial charge is 0.257 e. The zero-order chi connectivity index (χ0) is 24.4. The monoisotopic (exact) mass is 471 g/mol. The Balaban J connectivity index is 1.46. The van der Waals surface area contributed by atoms with Crippen LogP contribution in [0.4, 0.5) is 10.2 Å². The minimum atomic E-state index is -0.500. The van der Waals surface area contributed by atoms with Crippen molar-refractivity contribution in [3.8, 4) is 22.9 Å². The number of aromatic nitrogens is 2. The Kier molecular flexibility index (Phi) is 6.01. The van der Waals surface area contributed by atoms with E-state index in [1.165, 1.54) is 19.2 Å². The first-order valence-corrected chi connectivity index (χ1v) is 11.1. The number of nitrogens with one attached hydrogen (secondary N) is 2. The summed E-state index contributed by atoms with van der Waals surface area (Å²) in [6.07, 6.45) is 0.0986. The normalized spacial score (nSPS) is 14.7. The second kappa shape index (κ2) is 9.42. The number of hydrogen-bond acceptors (Lipinski definition) is 5. The highest BCUT2D eigenvalue weighted by molar-refractivity contribution is 5.94. The molecule has 0 fully saturated rings. The summed E-state index contributed by atoms with van der Waals surface area (Å²) < 4.78 is 24.5. The number of fused-ring (bicyclic) bond motifs is 1. The molecule has 7 nitrogen and oxygen atoms in total. The number of hydrogen-bond donors (Lipinski definition) is 2. The molecule has 176 valence electrons. The Morgan fingerprint density at radius 1 is 1.00 bits per heavy atom. The number of rotatable bonds is 6. The van der Waals surface area contributed by atoms with Gasteiger partial charge in [-0.15, -0.1) is 0 Å². The van der Waals surface area contributed by atoms with Crippen molar-refractivity contribution in [3.05, 3.63) is 106 Å². The predicted molar refractivity (Wildman–Crippen MR) is 129 cm³/mol. The van der Waals surface area contributed by atoms with E-state index in [2.05, 4.69) is 15.3 Å². The molecule has 3 aromatic carbocycles. The van der Waals surface area contributed by atoms with Crippen molar-refractivity contribution in [1.29, 1.82) is 0 Å². The van der Waals surface area contributed by atoms with Gasteiger partial charge in [-0.05, 0) is 35.4 Å². The molecule has 1 amide bonds. The summed E-state index contributed by atoms with van der Waals surface area (Å²) in [6, 6.07) is 20.6. The van der Waals surface area contributed by atoms with Gasteiger partial charge in [-0.1, -0.05) is 48.5 Å². The molecule has 2 N–H and O–H groups in total. The van der Waals surface area contributed by atoms with Crippen molar-refractivity contribution in [1.82, 2.24) is 9.97 Å². The van der Waals surface area contributed by atoms with Crippen LogP contribution in [-0.4, -0.2) is 23.0 Å². The number of H-pyrrole nitrogens is 1. The molecule has 5 rings (SSSR count). The van der Waals surface area contributed by atoms with Gasteiger partial charge in [0, 0.05) is 17.9 Å². The van der Waals surface area contributed by atoms with Crippen molar-refractivity contribution in [2.75, 3.05) is 12.4 Å². The van der Waals surface area contributed by atoms with Crippen LogP contribution in [0, 0.1) is 5.82 Å². The van der Waals surface area contributed by atoms with Gasteiger partial charge in [0.1, 0.15) is 24.1 Å². The van der Waals surface area contributed by atoms with Crippen LogP contribution in [0.3, 0.4) is 0 Å². The topological polar surface area (TPSA) is 93.3 Å². The van der Waals surface area contributed by atoms with Crippen LogP contribution in [0.5, 0.6) is 11.5 Å². The first-order valence-electron chi connectivity index (χ1n) is 11.1. The van der Waals surface area contributed by atoms with Crippen LogP contribution in [0.2, 0.25) is 0 Å². The molecule has 0 saturated heterocycles. The predicted octanol–water partition coefficient (Wildman–Crippen LogP) is 4.64. The van der Waals surface area contributed by atoms with E-state index in [1.54, 1.807) is 30.3 Å². The van der Waals surface area contributed by atoms with E-state index in [4.69, 9.17) is 9.47 Å². The third-order valence-corrected chi connectivity index (χ3v) is 5.90. The van der Waals surface area contributed by atoms with Gasteiger partial charge < -0.3 is 19.8 Å². The maximum absolute atomic E-state index is 13.1. The van der Waals surface area contributed by atoms with Crippen molar-refractivity contribution in [2.45, 2.75) is 18.9 Å². The Bertz CT molecular complexity index is 1440. The van der Waals surface area contributed by atoms with Crippen molar-refractivity contribution in [2.24, 2.45) is 0 Å². The van der Waals surface area contributed by atoms with Gasteiger partial charge in [-0.25, -0.2) is 9.37 Å². The summed E-state index contributed by atoms with van der Waals surface area (Å²) >= 11 is 0. The van der Waals surface area contributed by atoms with E-state index in [0.29, 0.717) is 22.9 Å². The molecule has 1 aliphatic heterocycles. The van der Waals surface area contributed by atoms with Gasteiger partial charge in [0.05, 0.1) is 12.7 Å². The lowest BCUT2D eigenvalue weighted by Crippen LogP contribution is -2.31. The molecule has 0 spiro atoms. The summed E-state index contributed by atoms with van der Waals surface area (Å²) in [4.78, 5) is 33.0. The zero-order valence-electron chi connectivity index (χ0n) is 18.9. The van der Waals surface area contributed by atoms with Gasteiger partial charge in [-0.2, -0.15) is 0 Å². The second-order valence-corrected chi connectivity index (χ2v) is 8.17. The van der Waals surface area contributed by atoms with E-state index < -0.39 is 5.92 Å². The number of carbonyl (C=O) groups excluding carboxylic acids is 1. The fraction of sp³-hybridized carbons (Fsp3) is 0.148. The first kappa shape index (κ1) is 22.3. The summed E-state index contributed by atoms with van der Waals surface area (Å²) in [7, 11) is 1.52. The quantitative estimate of drug-likeness (QED) is 0.428. The van der Waals surface area contributed by atoms with Gasteiger partial charge in [0.25, 0.3) is 5.56 Å².